The second-order valence-electron chi connectivity index (χ2n) is 8.36. The molecular formula is C27H26ClN3O3. The predicted molar refractivity (Wildman–Crippen MR) is 135 cm³/mol. The van der Waals surface area contributed by atoms with Crippen molar-refractivity contribution < 1.29 is 14.3 Å². The van der Waals surface area contributed by atoms with Gasteiger partial charge in [-0.15, -0.1) is 0 Å². The molecule has 34 heavy (non-hydrogen) atoms. The number of anilines is 1. The van der Waals surface area contributed by atoms with Crippen molar-refractivity contribution in [2.75, 3.05) is 12.4 Å². The number of hydrogen-bond acceptors (Lipinski definition) is 4. The number of aromatic nitrogens is 2. The van der Waals surface area contributed by atoms with Crippen LogP contribution in [0.4, 0.5) is 5.69 Å². The number of carbonyl (C=O) groups excluding carboxylic acids is 2. The summed E-state index contributed by atoms with van der Waals surface area (Å²) in [5.41, 5.74) is 6.03. The van der Waals surface area contributed by atoms with E-state index in [9.17, 15) is 9.59 Å². The van der Waals surface area contributed by atoms with Gasteiger partial charge in [0, 0.05) is 27.4 Å². The highest BCUT2D eigenvalue weighted by Gasteiger charge is 2.22. The summed E-state index contributed by atoms with van der Waals surface area (Å²) in [6, 6.07) is 14.2. The van der Waals surface area contributed by atoms with Gasteiger partial charge in [-0.2, -0.15) is 0 Å². The highest BCUT2D eigenvalue weighted by molar-refractivity contribution is 6.30. The number of hydrogen-bond donors (Lipinski definition) is 1. The van der Waals surface area contributed by atoms with Gasteiger partial charge in [0.1, 0.15) is 5.75 Å². The summed E-state index contributed by atoms with van der Waals surface area (Å²) in [6.45, 7) is 7.61. The Hall–Kier alpha value is -3.64. The smallest absolute Gasteiger partial charge is 0.262 e. The average Bonchev–Trinajstić information content (AvgIpc) is 3.06. The van der Waals surface area contributed by atoms with Crippen molar-refractivity contribution in [1.29, 1.82) is 0 Å². The summed E-state index contributed by atoms with van der Waals surface area (Å²) in [4.78, 5) is 31.0. The molecule has 1 amide bonds. The summed E-state index contributed by atoms with van der Waals surface area (Å²) < 4.78 is 7.05. The lowest BCUT2D eigenvalue weighted by Gasteiger charge is -2.12. The molecule has 0 aliphatic heterocycles. The van der Waals surface area contributed by atoms with E-state index in [0.717, 1.165) is 27.9 Å². The van der Waals surface area contributed by atoms with E-state index in [0.29, 0.717) is 33.2 Å². The molecule has 0 spiro atoms. The Balaban J connectivity index is 1.76. The minimum atomic E-state index is -0.189. The highest BCUT2D eigenvalue weighted by Crippen LogP contribution is 2.31. The van der Waals surface area contributed by atoms with Crippen molar-refractivity contribution in [3.8, 4) is 5.75 Å². The van der Waals surface area contributed by atoms with Gasteiger partial charge in [-0.05, 0) is 87.4 Å². The second kappa shape index (κ2) is 9.31. The first-order valence-corrected chi connectivity index (χ1v) is 11.3. The molecule has 0 bridgehead atoms. The number of ether oxygens (including phenoxy) is 1. The quantitative estimate of drug-likeness (QED) is 0.395. The van der Waals surface area contributed by atoms with Crippen molar-refractivity contribution in [1.82, 2.24) is 9.55 Å². The fourth-order valence-corrected chi connectivity index (χ4v) is 4.48. The fourth-order valence-electron chi connectivity index (χ4n) is 4.35. The number of pyridine rings is 1. The highest BCUT2D eigenvalue weighted by atomic mass is 35.5. The molecule has 4 aromatic rings. The number of nitrogens with one attached hydrogen (secondary N) is 1. The molecule has 2 heterocycles. The van der Waals surface area contributed by atoms with E-state index in [1.807, 2.05) is 52.0 Å². The molecule has 6 nitrogen and oxygen atoms in total. The van der Waals surface area contributed by atoms with Crippen molar-refractivity contribution in [3.05, 3.63) is 87.3 Å². The van der Waals surface area contributed by atoms with Crippen molar-refractivity contribution in [3.63, 3.8) is 0 Å². The van der Waals surface area contributed by atoms with Crippen LogP contribution in [0.5, 0.6) is 5.75 Å². The zero-order valence-corrected chi connectivity index (χ0v) is 20.6. The van der Waals surface area contributed by atoms with Crippen LogP contribution >= 0.6 is 11.6 Å². The zero-order chi connectivity index (χ0) is 24.6. The Morgan fingerprint density at radius 3 is 2.38 bits per heavy atom. The van der Waals surface area contributed by atoms with Gasteiger partial charge < -0.3 is 10.1 Å². The largest absolute Gasteiger partial charge is 0.497 e. The van der Waals surface area contributed by atoms with Crippen LogP contribution in [0.3, 0.4) is 0 Å². The Morgan fingerprint density at radius 1 is 1.03 bits per heavy atom. The molecule has 2 aromatic heterocycles. The van der Waals surface area contributed by atoms with E-state index in [1.54, 1.807) is 35.9 Å². The summed E-state index contributed by atoms with van der Waals surface area (Å²) in [5.74, 6) is 0.283. The number of benzene rings is 2. The van der Waals surface area contributed by atoms with E-state index in [1.165, 1.54) is 0 Å². The maximum absolute atomic E-state index is 13.4. The third-order valence-electron chi connectivity index (χ3n) is 5.96. The van der Waals surface area contributed by atoms with Crippen molar-refractivity contribution >= 4 is 40.0 Å². The molecule has 0 saturated carbocycles. The molecule has 1 N–H and O–H groups in total. The fraction of sp³-hybridized carbons (Fsp3) is 0.222. The van der Waals surface area contributed by atoms with Crippen LogP contribution in [0.1, 0.15) is 38.6 Å². The molecule has 0 atom stereocenters. The molecule has 174 valence electrons. The van der Waals surface area contributed by atoms with Gasteiger partial charge in [-0.1, -0.05) is 11.6 Å². The standard InChI is InChI=1S/C27H26ClN3O3/c1-15-12-16(2)29-17(3)26(15)30-25(32)14-22-18(4)31(24-11-10-21(34-5)13-23(22)24)27(33)19-6-8-20(28)9-7-19/h6-13H,14H2,1-5H3,(H,30,32). The number of halogens is 1. The number of carbonyl (C=O) groups is 2. The van der Waals surface area contributed by atoms with Crippen LogP contribution in [-0.2, 0) is 11.2 Å². The summed E-state index contributed by atoms with van der Waals surface area (Å²) in [5, 5.41) is 4.36. The Kier molecular flexibility index (Phi) is 6.44. The van der Waals surface area contributed by atoms with Crippen LogP contribution in [0.2, 0.25) is 5.02 Å². The molecule has 0 unspecified atom stereocenters. The number of rotatable bonds is 5. The summed E-state index contributed by atoms with van der Waals surface area (Å²) >= 11 is 6.00. The van der Waals surface area contributed by atoms with E-state index in [-0.39, 0.29) is 18.2 Å². The van der Waals surface area contributed by atoms with Gasteiger partial charge in [-0.25, -0.2) is 0 Å². The molecule has 7 heteroatoms. The van der Waals surface area contributed by atoms with Gasteiger partial charge in [0.2, 0.25) is 5.91 Å². The minimum Gasteiger partial charge on any atom is -0.497 e. The lowest BCUT2D eigenvalue weighted by Crippen LogP contribution is -2.18. The predicted octanol–water partition coefficient (Wildman–Crippen LogP) is 5.80. The Bertz CT molecular complexity index is 1400. The van der Waals surface area contributed by atoms with E-state index in [4.69, 9.17) is 16.3 Å². The van der Waals surface area contributed by atoms with Gasteiger partial charge in [0.05, 0.1) is 30.4 Å². The normalized spacial score (nSPS) is 11.0. The van der Waals surface area contributed by atoms with Crippen LogP contribution in [0, 0.1) is 27.7 Å². The maximum Gasteiger partial charge on any atom is 0.262 e. The summed E-state index contributed by atoms with van der Waals surface area (Å²) in [6.07, 6.45) is 0.100. The second-order valence-corrected chi connectivity index (χ2v) is 8.80. The van der Waals surface area contributed by atoms with Gasteiger partial charge >= 0.3 is 0 Å². The lowest BCUT2D eigenvalue weighted by molar-refractivity contribution is -0.115. The minimum absolute atomic E-state index is 0.100. The number of amides is 1. The zero-order valence-electron chi connectivity index (χ0n) is 19.8. The lowest BCUT2D eigenvalue weighted by atomic mass is 10.1. The maximum atomic E-state index is 13.4. The first kappa shape index (κ1) is 23.5. The van der Waals surface area contributed by atoms with Gasteiger partial charge in [0.15, 0.2) is 0 Å². The molecule has 2 aromatic carbocycles. The van der Waals surface area contributed by atoms with Crippen LogP contribution in [0.15, 0.2) is 48.5 Å². The average molecular weight is 476 g/mol. The Morgan fingerprint density at radius 2 is 1.74 bits per heavy atom. The molecule has 0 saturated heterocycles. The number of fused-ring (bicyclic) bond motifs is 1. The monoisotopic (exact) mass is 475 g/mol. The van der Waals surface area contributed by atoms with E-state index < -0.39 is 0 Å². The molecule has 0 aliphatic rings. The van der Waals surface area contributed by atoms with Gasteiger partial charge in [-0.3, -0.25) is 19.1 Å². The topological polar surface area (TPSA) is 73.2 Å². The van der Waals surface area contributed by atoms with E-state index in [2.05, 4.69) is 10.3 Å². The first-order chi connectivity index (χ1) is 16.2. The van der Waals surface area contributed by atoms with Crippen LogP contribution in [-0.4, -0.2) is 28.5 Å². The van der Waals surface area contributed by atoms with Crippen molar-refractivity contribution in [2.24, 2.45) is 0 Å². The molecule has 0 radical (unpaired) electrons. The van der Waals surface area contributed by atoms with E-state index >= 15 is 0 Å². The number of aryl methyl sites for hydroxylation is 3. The molecular weight excluding hydrogens is 450 g/mol. The third-order valence-corrected chi connectivity index (χ3v) is 6.22. The SMILES string of the molecule is COc1ccc2c(c1)c(CC(=O)Nc1c(C)cc(C)nc1C)c(C)n2C(=O)c1ccc(Cl)cc1. The van der Waals surface area contributed by atoms with Gasteiger partial charge in [0.25, 0.3) is 5.91 Å². The summed E-state index contributed by atoms with van der Waals surface area (Å²) in [7, 11) is 1.59. The van der Waals surface area contributed by atoms with Crippen molar-refractivity contribution in [2.45, 2.75) is 34.1 Å². The van der Waals surface area contributed by atoms with Crippen LogP contribution in [0.25, 0.3) is 10.9 Å². The number of nitrogens with zero attached hydrogens (tertiary/aromatic N) is 2. The molecule has 0 aliphatic carbocycles. The molecule has 4 rings (SSSR count). The molecule has 0 fully saturated rings. The van der Waals surface area contributed by atoms with Crippen LogP contribution < -0.4 is 10.1 Å². The first-order valence-electron chi connectivity index (χ1n) is 10.9. The third kappa shape index (κ3) is 4.41. The number of methoxy groups -OCH3 is 1. The Labute approximate surface area is 203 Å².